The van der Waals surface area contributed by atoms with E-state index < -0.39 is 54.6 Å². The molecule has 11 heteroatoms. The molecule has 0 aliphatic carbocycles. The molecule has 0 aromatic heterocycles. The van der Waals surface area contributed by atoms with Gasteiger partial charge in [-0.1, -0.05) is 0 Å². The highest BCUT2D eigenvalue weighted by Crippen LogP contribution is 2.31. The predicted octanol–water partition coefficient (Wildman–Crippen LogP) is 1.16. The van der Waals surface area contributed by atoms with Crippen LogP contribution in [0.2, 0.25) is 0 Å². The number of methoxy groups -OCH3 is 1. The third kappa shape index (κ3) is 7.12. The summed E-state index contributed by atoms with van der Waals surface area (Å²) >= 11 is 0. The Bertz CT molecular complexity index is 820. The van der Waals surface area contributed by atoms with Crippen LogP contribution in [0.4, 0.5) is 0 Å². The number of esters is 4. The topological polar surface area (TPSA) is 133 Å². The second-order valence-electron chi connectivity index (χ2n) is 6.86. The molecule has 5 atom stereocenters. The summed E-state index contributed by atoms with van der Waals surface area (Å²) < 4.78 is 37.8. The van der Waals surface area contributed by atoms with Crippen molar-refractivity contribution in [3.8, 4) is 11.5 Å². The van der Waals surface area contributed by atoms with Gasteiger partial charge in [-0.2, -0.15) is 0 Å². The molecule has 0 amide bonds. The van der Waals surface area contributed by atoms with Crippen molar-refractivity contribution in [2.24, 2.45) is 0 Å². The Morgan fingerprint density at radius 2 is 1.25 bits per heavy atom. The molecule has 1 aromatic rings. The quantitative estimate of drug-likeness (QED) is 0.414. The summed E-state index contributed by atoms with van der Waals surface area (Å²) in [4.78, 5) is 46.6. The first-order valence-electron chi connectivity index (χ1n) is 9.72. The fraction of sp³-hybridized carbons (Fsp3) is 0.524. The van der Waals surface area contributed by atoms with Crippen molar-refractivity contribution in [1.29, 1.82) is 0 Å². The van der Waals surface area contributed by atoms with E-state index in [9.17, 15) is 19.2 Å². The number of hydrogen-bond donors (Lipinski definition) is 0. The van der Waals surface area contributed by atoms with Gasteiger partial charge >= 0.3 is 23.9 Å². The van der Waals surface area contributed by atoms with Gasteiger partial charge in [0, 0.05) is 27.7 Å². The van der Waals surface area contributed by atoms with Crippen molar-refractivity contribution in [2.75, 3.05) is 13.7 Å². The van der Waals surface area contributed by atoms with Crippen LogP contribution in [0.1, 0.15) is 27.7 Å². The minimum Gasteiger partial charge on any atom is -0.497 e. The summed E-state index contributed by atoms with van der Waals surface area (Å²) in [5, 5.41) is 0. The zero-order valence-electron chi connectivity index (χ0n) is 18.4. The number of benzene rings is 1. The van der Waals surface area contributed by atoms with E-state index in [0.29, 0.717) is 11.5 Å². The second-order valence-corrected chi connectivity index (χ2v) is 6.86. The van der Waals surface area contributed by atoms with Gasteiger partial charge in [-0.3, -0.25) is 19.2 Å². The molecule has 0 unspecified atom stereocenters. The maximum absolute atomic E-state index is 11.8. The highest BCUT2D eigenvalue weighted by Gasteiger charge is 2.53. The standard InChI is InChI=1S/C21H26O11/c1-11(22)27-10-17-18(28-12(2)23)19(29-13(3)24)20(30-14(4)25)21(32-17)31-16-8-6-15(26-5)7-9-16/h6-9,17-21H,10H2,1-5H3/t17-,18+,19+,20+,21-/m1/s1. The van der Waals surface area contributed by atoms with Crippen molar-refractivity contribution in [2.45, 2.75) is 58.4 Å². The van der Waals surface area contributed by atoms with Crippen molar-refractivity contribution < 1.29 is 52.3 Å². The number of hydrogen-bond acceptors (Lipinski definition) is 11. The molecule has 0 radical (unpaired) electrons. The van der Waals surface area contributed by atoms with Crippen molar-refractivity contribution in [3.63, 3.8) is 0 Å². The lowest BCUT2D eigenvalue weighted by Gasteiger charge is -2.43. The van der Waals surface area contributed by atoms with Crippen LogP contribution in [0.3, 0.4) is 0 Å². The molecular weight excluding hydrogens is 428 g/mol. The van der Waals surface area contributed by atoms with Crippen LogP contribution in [0.5, 0.6) is 11.5 Å². The lowest BCUT2D eigenvalue weighted by molar-refractivity contribution is -0.288. The molecule has 0 bridgehead atoms. The zero-order valence-corrected chi connectivity index (χ0v) is 18.4. The molecule has 0 spiro atoms. The van der Waals surface area contributed by atoms with E-state index in [-0.39, 0.29) is 6.61 Å². The van der Waals surface area contributed by atoms with E-state index in [1.165, 1.54) is 14.0 Å². The lowest BCUT2D eigenvalue weighted by Crippen LogP contribution is -2.63. The Kier molecular flexibility index (Phi) is 8.82. The van der Waals surface area contributed by atoms with E-state index in [4.69, 9.17) is 33.2 Å². The van der Waals surface area contributed by atoms with Gasteiger partial charge in [-0.25, -0.2) is 0 Å². The van der Waals surface area contributed by atoms with Gasteiger partial charge in [-0.15, -0.1) is 0 Å². The summed E-state index contributed by atoms with van der Waals surface area (Å²) in [6.45, 7) is 4.31. The molecule has 32 heavy (non-hydrogen) atoms. The van der Waals surface area contributed by atoms with Crippen LogP contribution in [0.15, 0.2) is 24.3 Å². The van der Waals surface area contributed by atoms with Crippen LogP contribution >= 0.6 is 0 Å². The van der Waals surface area contributed by atoms with Crippen LogP contribution in [0, 0.1) is 0 Å². The number of rotatable bonds is 8. The minimum atomic E-state index is -1.29. The second kappa shape index (κ2) is 11.3. The summed E-state index contributed by atoms with van der Waals surface area (Å²) in [7, 11) is 1.51. The highest BCUT2D eigenvalue weighted by atomic mass is 16.7. The first-order chi connectivity index (χ1) is 15.1. The monoisotopic (exact) mass is 454 g/mol. The molecule has 11 nitrogen and oxygen atoms in total. The smallest absolute Gasteiger partial charge is 0.303 e. The molecule has 1 heterocycles. The van der Waals surface area contributed by atoms with Crippen LogP contribution in [-0.4, -0.2) is 68.3 Å². The van der Waals surface area contributed by atoms with E-state index in [1.807, 2.05) is 0 Å². The van der Waals surface area contributed by atoms with Gasteiger partial charge < -0.3 is 33.2 Å². The Hall–Kier alpha value is -3.34. The maximum atomic E-state index is 11.8. The Balaban J connectivity index is 2.42. The number of carbonyl (C=O) groups is 4. The Morgan fingerprint density at radius 3 is 1.75 bits per heavy atom. The Morgan fingerprint density at radius 1 is 0.750 bits per heavy atom. The van der Waals surface area contributed by atoms with Gasteiger partial charge in [0.15, 0.2) is 12.2 Å². The van der Waals surface area contributed by atoms with Crippen molar-refractivity contribution in [3.05, 3.63) is 24.3 Å². The van der Waals surface area contributed by atoms with Gasteiger partial charge in [0.2, 0.25) is 12.4 Å². The highest BCUT2D eigenvalue weighted by molar-refractivity contribution is 5.68. The summed E-state index contributed by atoms with van der Waals surface area (Å²) in [6, 6.07) is 6.46. The Labute approximate surface area is 184 Å². The van der Waals surface area contributed by atoms with Crippen molar-refractivity contribution in [1.82, 2.24) is 0 Å². The molecule has 1 aliphatic rings. The van der Waals surface area contributed by atoms with E-state index in [1.54, 1.807) is 24.3 Å². The minimum absolute atomic E-state index is 0.326. The van der Waals surface area contributed by atoms with Crippen LogP contribution < -0.4 is 9.47 Å². The zero-order chi connectivity index (χ0) is 23.8. The van der Waals surface area contributed by atoms with E-state index in [2.05, 4.69) is 0 Å². The predicted molar refractivity (Wildman–Crippen MR) is 106 cm³/mol. The van der Waals surface area contributed by atoms with Crippen LogP contribution in [-0.2, 0) is 42.9 Å². The van der Waals surface area contributed by atoms with Gasteiger partial charge in [0.25, 0.3) is 0 Å². The molecule has 0 N–H and O–H groups in total. The normalized spacial score (nSPS) is 24.6. The molecular formula is C21H26O11. The van der Waals surface area contributed by atoms with Gasteiger partial charge in [-0.05, 0) is 24.3 Å². The van der Waals surface area contributed by atoms with Gasteiger partial charge in [0.05, 0.1) is 7.11 Å². The largest absolute Gasteiger partial charge is 0.497 e. The summed E-state index contributed by atoms with van der Waals surface area (Å²) in [5.41, 5.74) is 0. The molecule has 2 rings (SSSR count). The molecule has 1 aromatic carbocycles. The average molecular weight is 454 g/mol. The molecule has 176 valence electrons. The van der Waals surface area contributed by atoms with Gasteiger partial charge in [0.1, 0.15) is 24.2 Å². The third-order valence-corrected chi connectivity index (χ3v) is 4.26. The molecule has 0 saturated carbocycles. The number of carbonyl (C=O) groups excluding carboxylic acids is 4. The lowest BCUT2D eigenvalue weighted by atomic mass is 9.98. The SMILES string of the molecule is COc1ccc(O[C@@H]2O[C@H](COC(C)=O)[C@H](OC(C)=O)[C@H](OC(C)=O)[C@@H]2OC(C)=O)cc1. The molecule has 1 aliphatic heterocycles. The first-order valence-corrected chi connectivity index (χ1v) is 9.72. The van der Waals surface area contributed by atoms with E-state index in [0.717, 1.165) is 20.8 Å². The first kappa shape index (κ1) is 24.9. The van der Waals surface area contributed by atoms with Crippen molar-refractivity contribution >= 4 is 23.9 Å². The summed E-state index contributed by atoms with van der Waals surface area (Å²) in [5.74, 6) is -1.83. The number of ether oxygens (including phenoxy) is 7. The molecule has 1 fully saturated rings. The maximum Gasteiger partial charge on any atom is 0.303 e. The summed E-state index contributed by atoms with van der Waals surface area (Å²) in [6.07, 6.45) is -6.20. The fourth-order valence-corrected chi connectivity index (χ4v) is 3.07. The fourth-order valence-electron chi connectivity index (χ4n) is 3.07. The third-order valence-electron chi connectivity index (χ3n) is 4.26. The van der Waals surface area contributed by atoms with E-state index >= 15 is 0 Å². The average Bonchev–Trinajstić information content (AvgIpc) is 2.70. The van der Waals surface area contributed by atoms with Crippen LogP contribution in [0.25, 0.3) is 0 Å². The molecule has 1 saturated heterocycles.